The molecular formula is C17H19NO4S. The fourth-order valence-electron chi connectivity index (χ4n) is 2.58. The molecule has 1 atom stereocenters. The largest absolute Gasteiger partial charge is 0.450 e. The topological polar surface area (TPSA) is 76.2 Å². The number of hydrogen-bond donors (Lipinski definition) is 1. The minimum absolute atomic E-state index is 0.103. The van der Waals surface area contributed by atoms with Crippen molar-refractivity contribution in [2.24, 2.45) is 0 Å². The summed E-state index contributed by atoms with van der Waals surface area (Å²) in [5.41, 5.74) is 2.89. The smallest absolute Gasteiger partial charge is 0.349 e. The van der Waals surface area contributed by atoms with Crippen LogP contribution in [-0.4, -0.2) is 28.6 Å². The Balaban J connectivity index is 2.21. The maximum absolute atomic E-state index is 12.5. The Morgan fingerprint density at radius 1 is 1.22 bits per heavy atom. The molecule has 0 amide bonds. The first-order chi connectivity index (χ1) is 10.7. The van der Waals surface area contributed by atoms with Crippen molar-refractivity contribution in [3.8, 4) is 0 Å². The summed E-state index contributed by atoms with van der Waals surface area (Å²) in [6.07, 6.45) is -0.930. The summed E-state index contributed by atoms with van der Waals surface area (Å²) in [5, 5.41) is 1.80. The lowest BCUT2D eigenvalue weighted by Gasteiger charge is -2.12. The molecule has 0 radical (unpaired) electrons. The van der Waals surface area contributed by atoms with E-state index in [0.717, 1.165) is 5.56 Å². The molecule has 0 unspecified atom stereocenters. The Morgan fingerprint density at radius 3 is 2.35 bits per heavy atom. The van der Waals surface area contributed by atoms with Crippen molar-refractivity contribution in [1.82, 2.24) is 4.98 Å². The molecule has 1 N–H and O–H groups in total. The highest BCUT2D eigenvalue weighted by Crippen LogP contribution is 2.22. The van der Waals surface area contributed by atoms with Gasteiger partial charge >= 0.3 is 5.97 Å². The SMILES string of the molecule is CC(=O)c1c(C)[nH]c(C(=O)[C@@H](C)OC(=O)c2sccc2C)c1C. The van der Waals surface area contributed by atoms with Crippen LogP contribution in [0.15, 0.2) is 11.4 Å². The highest BCUT2D eigenvalue weighted by atomic mass is 32.1. The van der Waals surface area contributed by atoms with Gasteiger partial charge in [0, 0.05) is 11.3 Å². The van der Waals surface area contributed by atoms with Crippen molar-refractivity contribution in [3.63, 3.8) is 0 Å². The second-order valence-electron chi connectivity index (χ2n) is 5.53. The van der Waals surface area contributed by atoms with Gasteiger partial charge in [0.25, 0.3) is 0 Å². The predicted octanol–water partition coefficient (Wildman–Crippen LogP) is 3.63. The molecule has 0 saturated carbocycles. The molecule has 2 aromatic rings. The molecule has 23 heavy (non-hydrogen) atoms. The molecule has 0 bridgehead atoms. The zero-order chi connectivity index (χ0) is 17.3. The number of thiophene rings is 1. The number of ether oxygens (including phenoxy) is 1. The first-order valence-electron chi connectivity index (χ1n) is 7.23. The van der Waals surface area contributed by atoms with Crippen molar-refractivity contribution in [2.45, 2.75) is 40.7 Å². The van der Waals surface area contributed by atoms with Crippen LogP contribution in [0.3, 0.4) is 0 Å². The van der Waals surface area contributed by atoms with Crippen LogP contribution in [0.25, 0.3) is 0 Å². The third kappa shape index (κ3) is 3.27. The number of aromatic nitrogens is 1. The molecular weight excluding hydrogens is 314 g/mol. The minimum Gasteiger partial charge on any atom is -0.450 e. The van der Waals surface area contributed by atoms with Crippen LogP contribution in [-0.2, 0) is 4.74 Å². The summed E-state index contributed by atoms with van der Waals surface area (Å²) in [5.74, 6) is -0.958. The van der Waals surface area contributed by atoms with E-state index in [1.54, 1.807) is 19.2 Å². The van der Waals surface area contributed by atoms with Crippen molar-refractivity contribution in [1.29, 1.82) is 0 Å². The van der Waals surface area contributed by atoms with Gasteiger partial charge in [-0.1, -0.05) is 0 Å². The van der Waals surface area contributed by atoms with Crippen LogP contribution >= 0.6 is 11.3 Å². The number of nitrogens with one attached hydrogen (secondary N) is 1. The van der Waals surface area contributed by atoms with E-state index in [1.807, 2.05) is 13.0 Å². The molecule has 0 aliphatic carbocycles. The van der Waals surface area contributed by atoms with Gasteiger partial charge < -0.3 is 9.72 Å². The highest BCUT2D eigenvalue weighted by Gasteiger charge is 2.26. The van der Waals surface area contributed by atoms with Crippen LogP contribution in [0.2, 0.25) is 0 Å². The van der Waals surface area contributed by atoms with Gasteiger partial charge in [-0.3, -0.25) is 9.59 Å². The molecule has 0 spiro atoms. The Bertz CT molecular complexity index is 785. The van der Waals surface area contributed by atoms with Crippen molar-refractivity contribution in [3.05, 3.63) is 44.4 Å². The zero-order valence-corrected chi connectivity index (χ0v) is 14.6. The number of ketones is 2. The van der Waals surface area contributed by atoms with Gasteiger partial charge in [0.05, 0.1) is 5.69 Å². The number of aromatic amines is 1. The van der Waals surface area contributed by atoms with E-state index in [1.165, 1.54) is 25.2 Å². The number of aryl methyl sites for hydroxylation is 2. The number of carbonyl (C=O) groups excluding carboxylic acids is 3. The molecule has 2 aromatic heterocycles. The molecule has 0 aromatic carbocycles. The lowest BCUT2D eigenvalue weighted by Crippen LogP contribution is -2.25. The van der Waals surface area contributed by atoms with Crippen LogP contribution in [0, 0.1) is 20.8 Å². The normalized spacial score (nSPS) is 12.0. The third-order valence-corrected chi connectivity index (χ3v) is 4.73. The lowest BCUT2D eigenvalue weighted by atomic mass is 10.0. The number of esters is 1. The summed E-state index contributed by atoms with van der Waals surface area (Å²) < 4.78 is 5.27. The van der Waals surface area contributed by atoms with E-state index in [2.05, 4.69) is 4.98 Å². The number of carbonyl (C=O) groups is 3. The molecule has 0 aliphatic heterocycles. The van der Waals surface area contributed by atoms with Gasteiger partial charge in [0.15, 0.2) is 11.9 Å². The lowest BCUT2D eigenvalue weighted by molar-refractivity contribution is 0.0321. The Hall–Kier alpha value is -2.21. The quantitative estimate of drug-likeness (QED) is 0.669. The fraction of sp³-hybridized carbons (Fsp3) is 0.353. The van der Waals surface area contributed by atoms with Gasteiger partial charge in [0.1, 0.15) is 4.88 Å². The van der Waals surface area contributed by atoms with Crippen LogP contribution in [0.5, 0.6) is 0 Å². The fourth-order valence-corrected chi connectivity index (χ4v) is 3.38. The number of Topliss-reactive ketones (excluding diaryl/α,β-unsaturated/α-hetero) is 2. The zero-order valence-electron chi connectivity index (χ0n) is 13.8. The Labute approximate surface area is 138 Å². The standard InChI is InChI=1S/C17H19NO4S/c1-8-6-7-23-16(8)17(21)22-12(5)15(20)14-9(2)13(11(4)19)10(3)18-14/h6-7,12,18H,1-5H3/t12-/m1/s1. The molecule has 0 fully saturated rings. The maximum atomic E-state index is 12.5. The second-order valence-corrected chi connectivity index (χ2v) is 6.44. The van der Waals surface area contributed by atoms with Crippen molar-refractivity contribution in [2.75, 3.05) is 0 Å². The number of rotatable bonds is 5. The molecule has 2 rings (SSSR count). The second kappa shape index (κ2) is 6.50. The van der Waals surface area contributed by atoms with E-state index in [-0.39, 0.29) is 11.6 Å². The Kier molecular flexibility index (Phi) is 4.85. The molecule has 0 aliphatic rings. The summed E-state index contributed by atoms with van der Waals surface area (Å²) >= 11 is 1.28. The van der Waals surface area contributed by atoms with Crippen molar-refractivity contribution < 1.29 is 19.1 Å². The molecule has 122 valence electrons. The van der Waals surface area contributed by atoms with Crippen LogP contribution < -0.4 is 0 Å². The van der Waals surface area contributed by atoms with E-state index in [4.69, 9.17) is 4.74 Å². The average molecular weight is 333 g/mol. The van der Waals surface area contributed by atoms with Crippen LogP contribution in [0.4, 0.5) is 0 Å². The minimum atomic E-state index is -0.930. The van der Waals surface area contributed by atoms with E-state index in [0.29, 0.717) is 27.4 Å². The molecule has 5 nitrogen and oxygen atoms in total. The average Bonchev–Trinajstić information content (AvgIpc) is 3.01. The van der Waals surface area contributed by atoms with E-state index >= 15 is 0 Å². The Morgan fingerprint density at radius 2 is 1.87 bits per heavy atom. The van der Waals surface area contributed by atoms with Crippen LogP contribution in [0.1, 0.15) is 61.2 Å². The predicted molar refractivity (Wildman–Crippen MR) is 88.5 cm³/mol. The number of hydrogen-bond acceptors (Lipinski definition) is 5. The summed E-state index contributed by atoms with van der Waals surface area (Å²) in [7, 11) is 0. The first kappa shape index (κ1) is 17.1. The van der Waals surface area contributed by atoms with Gasteiger partial charge in [-0.25, -0.2) is 4.79 Å². The van der Waals surface area contributed by atoms with Gasteiger partial charge in [-0.2, -0.15) is 0 Å². The maximum Gasteiger partial charge on any atom is 0.349 e. The molecule has 2 heterocycles. The van der Waals surface area contributed by atoms with E-state index < -0.39 is 12.1 Å². The van der Waals surface area contributed by atoms with Gasteiger partial charge in [0.2, 0.25) is 5.78 Å². The van der Waals surface area contributed by atoms with E-state index in [9.17, 15) is 14.4 Å². The van der Waals surface area contributed by atoms with Crippen molar-refractivity contribution >= 4 is 28.9 Å². The summed E-state index contributed by atoms with van der Waals surface area (Å²) in [4.78, 5) is 39.7. The first-order valence-corrected chi connectivity index (χ1v) is 8.11. The highest BCUT2D eigenvalue weighted by molar-refractivity contribution is 7.12. The summed E-state index contributed by atoms with van der Waals surface area (Å²) in [6.45, 7) is 8.27. The number of H-pyrrole nitrogens is 1. The summed E-state index contributed by atoms with van der Waals surface area (Å²) in [6, 6.07) is 1.82. The van der Waals surface area contributed by atoms with Gasteiger partial charge in [-0.05, 0) is 57.2 Å². The third-order valence-electron chi connectivity index (χ3n) is 3.74. The monoisotopic (exact) mass is 333 g/mol. The molecule has 0 saturated heterocycles. The van der Waals surface area contributed by atoms with Gasteiger partial charge in [-0.15, -0.1) is 11.3 Å². The molecule has 6 heteroatoms.